The van der Waals surface area contributed by atoms with Gasteiger partial charge in [-0.1, -0.05) is 62.4 Å². The fourth-order valence-corrected chi connectivity index (χ4v) is 3.91. The molecule has 0 saturated carbocycles. The van der Waals surface area contributed by atoms with Crippen molar-refractivity contribution >= 4 is 23.6 Å². The van der Waals surface area contributed by atoms with Gasteiger partial charge in [0.25, 0.3) is 0 Å². The summed E-state index contributed by atoms with van der Waals surface area (Å²) in [5.74, 6) is 0.0974. The summed E-state index contributed by atoms with van der Waals surface area (Å²) in [5.41, 5.74) is 1.55. The van der Waals surface area contributed by atoms with Gasteiger partial charge >= 0.3 is 0 Å². The van der Waals surface area contributed by atoms with E-state index in [0.29, 0.717) is 30.8 Å². The zero-order chi connectivity index (χ0) is 21.1. The van der Waals surface area contributed by atoms with Gasteiger partial charge in [0.15, 0.2) is 0 Å². The highest BCUT2D eigenvalue weighted by molar-refractivity contribution is 7.99. The quantitative estimate of drug-likeness (QED) is 0.591. The Bertz CT molecular complexity index is 785. The molecule has 0 heterocycles. The molecule has 2 rings (SSSR count). The minimum Gasteiger partial charge on any atom is -0.354 e. The summed E-state index contributed by atoms with van der Waals surface area (Å²) < 4.78 is 13.8. The third-order valence-corrected chi connectivity index (χ3v) is 5.54. The summed E-state index contributed by atoms with van der Waals surface area (Å²) in [5, 5.41) is 2.90. The van der Waals surface area contributed by atoms with E-state index in [9.17, 15) is 14.0 Å². The molecule has 1 atom stereocenters. The topological polar surface area (TPSA) is 49.4 Å². The van der Waals surface area contributed by atoms with Crippen molar-refractivity contribution in [3.8, 4) is 0 Å². The molecule has 0 fully saturated rings. The number of hydrogen-bond acceptors (Lipinski definition) is 3. The van der Waals surface area contributed by atoms with E-state index >= 15 is 0 Å². The number of hydrogen-bond donors (Lipinski definition) is 1. The van der Waals surface area contributed by atoms with Crippen LogP contribution in [0, 0.1) is 5.82 Å². The minimum atomic E-state index is -0.525. The third kappa shape index (κ3) is 7.20. The van der Waals surface area contributed by atoms with Crippen LogP contribution in [0.2, 0.25) is 0 Å². The lowest BCUT2D eigenvalue weighted by Gasteiger charge is -2.30. The molecule has 156 valence electrons. The molecule has 0 bridgehead atoms. The molecule has 0 saturated heterocycles. The first-order valence-electron chi connectivity index (χ1n) is 9.99. The van der Waals surface area contributed by atoms with Gasteiger partial charge in [-0.25, -0.2) is 4.39 Å². The van der Waals surface area contributed by atoms with Gasteiger partial charge in [0, 0.05) is 18.8 Å². The number of thioether (sulfide) groups is 1. The number of carbonyl (C=O) groups excluding carboxylic acids is 2. The van der Waals surface area contributed by atoms with Crippen LogP contribution in [-0.4, -0.2) is 35.1 Å². The number of nitrogens with zero attached hydrogens (tertiary/aromatic N) is 1. The Kier molecular flexibility index (Phi) is 9.71. The van der Waals surface area contributed by atoms with Crippen molar-refractivity contribution in [3.05, 3.63) is 71.5 Å². The summed E-state index contributed by atoms with van der Waals surface area (Å²) in [6.07, 6.45) is 1.37. The number of carbonyl (C=O) groups is 2. The molecule has 2 aromatic rings. The van der Waals surface area contributed by atoms with E-state index in [1.807, 2.05) is 44.2 Å². The molecule has 0 aromatic heterocycles. The van der Waals surface area contributed by atoms with Gasteiger partial charge in [-0.2, -0.15) is 0 Å². The van der Waals surface area contributed by atoms with Crippen LogP contribution in [0.1, 0.15) is 37.8 Å². The van der Waals surface area contributed by atoms with Crippen LogP contribution in [0.25, 0.3) is 0 Å². The Morgan fingerprint density at radius 3 is 2.41 bits per heavy atom. The van der Waals surface area contributed by atoms with Gasteiger partial charge in [0.1, 0.15) is 11.9 Å². The Balaban J connectivity index is 2.08. The van der Waals surface area contributed by atoms with Crippen molar-refractivity contribution in [2.45, 2.75) is 45.0 Å². The average molecular weight is 417 g/mol. The lowest BCUT2D eigenvalue weighted by atomic mass is 10.1. The van der Waals surface area contributed by atoms with E-state index in [-0.39, 0.29) is 23.4 Å². The van der Waals surface area contributed by atoms with E-state index in [1.54, 1.807) is 23.1 Å². The Hall–Kier alpha value is -2.34. The molecular formula is C23H29FN2O2S. The molecule has 0 radical (unpaired) electrons. The number of rotatable bonds is 11. The highest BCUT2D eigenvalue weighted by Gasteiger charge is 2.28. The second-order valence-electron chi connectivity index (χ2n) is 6.81. The fraction of sp³-hybridized carbons (Fsp3) is 0.391. The molecule has 2 amide bonds. The van der Waals surface area contributed by atoms with Crippen LogP contribution in [0.5, 0.6) is 0 Å². The first-order valence-corrected chi connectivity index (χ1v) is 11.1. The van der Waals surface area contributed by atoms with E-state index < -0.39 is 6.04 Å². The molecule has 0 spiro atoms. The largest absolute Gasteiger partial charge is 0.354 e. The molecule has 0 aliphatic heterocycles. The van der Waals surface area contributed by atoms with Crippen molar-refractivity contribution in [1.29, 1.82) is 0 Å². The van der Waals surface area contributed by atoms with Crippen LogP contribution in [0.4, 0.5) is 4.39 Å². The van der Waals surface area contributed by atoms with Crippen molar-refractivity contribution in [2.24, 2.45) is 0 Å². The molecule has 2 aromatic carbocycles. The molecule has 6 heteroatoms. The number of halogens is 1. The first kappa shape index (κ1) is 22.9. The summed E-state index contributed by atoms with van der Waals surface area (Å²) in [7, 11) is 0. The van der Waals surface area contributed by atoms with Crippen LogP contribution in [0.3, 0.4) is 0 Å². The van der Waals surface area contributed by atoms with Crippen molar-refractivity contribution in [2.75, 3.05) is 12.3 Å². The number of benzene rings is 2. The first-order chi connectivity index (χ1) is 14.1. The van der Waals surface area contributed by atoms with Crippen molar-refractivity contribution in [3.63, 3.8) is 0 Å². The Labute approximate surface area is 176 Å². The zero-order valence-electron chi connectivity index (χ0n) is 17.1. The predicted octanol–water partition coefficient (Wildman–Crippen LogP) is 4.39. The van der Waals surface area contributed by atoms with Crippen molar-refractivity contribution < 1.29 is 14.0 Å². The van der Waals surface area contributed by atoms with Gasteiger partial charge in [-0.3, -0.25) is 9.59 Å². The van der Waals surface area contributed by atoms with E-state index in [0.717, 1.165) is 12.0 Å². The van der Waals surface area contributed by atoms with E-state index in [4.69, 9.17) is 0 Å². The molecule has 29 heavy (non-hydrogen) atoms. The smallest absolute Gasteiger partial charge is 0.242 e. The summed E-state index contributed by atoms with van der Waals surface area (Å²) >= 11 is 1.36. The maximum Gasteiger partial charge on any atom is 0.242 e. The zero-order valence-corrected chi connectivity index (χ0v) is 17.9. The van der Waals surface area contributed by atoms with Crippen LogP contribution in [-0.2, 0) is 21.9 Å². The Morgan fingerprint density at radius 1 is 1.07 bits per heavy atom. The van der Waals surface area contributed by atoms with Gasteiger partial charge in [-0.15, -0.1) is 11.8 Å². The number of nitrogens with one attached hydrogen (secondary N) is 1. The number of amides is 2. The highest BCUT2D eigenvalue weighted by Crippen LogP contribution is 2.18. The standard InChI is InChI=1S/C23H29FN2O2S/c1-3-14-25-23(28)21(4-2)26(15-18-10-6-5-7-11-18)22(27)17-29-16-19-12-8-9-13-20(19)24/h5-13,21H,3-4,14-17H2,1-2H3,(H,25,28)/t21-/m1/s1. The molecule has 0 aliphatic carbocycles. The highest BCUT2D eigenvalue weighted by atomic mass is 32.2. The molecular weight excluding hydrogens is 387 g/mol. The molecule has 0 unspecified atom stereocenters. The summed E-state index contributed by atoms with van der Waals surface area (Å²) in [6.45, 7) is 4.87. The molecule has 4 nitrogen and oxygen atoms in total. The lowest BCUT2D eigenvalue weighted by Crippen LogP contribution is -2.49. The average Bonchev–Trinajstić information content (AvgIpc) is 2.74. The SMILES string of the molecule is CCCNC(=O)[C@@H](CC)N(Cc1ccccc1)C(=O)CSCc1ccccc1F. The van der Waals surface area contributed by atoms with Gasteiger partial charge in [-0.05, 0) is 30.0 Å². The summed E-state index contributed by atoms with van der Waals surface area (Å²) in [6, 6.07) is 15.7. The van der Waals surface area contributed by atoms with Crippen LogP contribution in [0.15, 0.2) is 54.6 Å². The van der Waals surface area contributed by atoms with Crippen molar-refractivity contribution in [1.82, 2.24) is 10.2 Å². The van der Waals surface area contributed by atoms with Crippen LogP contribution >= 0.6 is 11.8 Å². The van der Waals surface area contributed by atoms with E-state index in [2.05, 4.69) is 5.32 Å². The maximum absolute atomic E-state index is 13.8. The van der Waals surface area contributed by atoms with Gasteiger partial charge < -0.3 is 10.2 Å². The minimum absolute atomic E-state index is 0.117. The normalized spacial score (nSPS) is 11.7. The third-order valence-electron chi connectivity index (χ3n) is 4.57. The predicted molar refractivity (Wildman–Crippen MR) is 117 cm³/mol. The second kappa shape index (κ2) is 12.3. The lowest BCUT2D eigenvalue weighted by molar-refractivity contribution is -0.139. The van der Waals surface area contributed by atoms with Gasteiger partial charge in [0.2, 0.25) is 11.8 Å². The second-order valence-corrected chi connectivity index (χ2v) is 7.79. The summed E-state index contributed by atoms with van der Waals surface area (Å²) in [4.78, 5) is 27.3. The Morgan fingerprint density at radius 2 is 1.76 bits per heavy atom. The molecule has 0 aliphatic rings. The van der Waals surface area contributed by atoms with Crippen LogP contribution < -0.4 is 5.32 Å². The monoisotopic (exact) mass is 416 g/mol. The molecule has 1 N–H and O–H groups in total. The maximum atomic E-state index is 13.8. The van der Waals surface area contributed by atoms with Gasteiger partial charge in [0.05, 0.1) is 5.75 Å². The van der Waals surface area contributed by atoms with E-state index in [1.165, 1.54) is 17.8 Å². The fourth-order valence-electron chi connectivity index (χ4n) is 3.01.